The summed E-state index contributed by atoms with van der Waals surface area (Å²) in [5.41, 5.74) is 3.70. The zero-order valence-electron chi connectivity index (χ0n) is 23.7. The van der Waals surface area contributed by atoms with Crippen LogP contribution in [0.4, 0.5) is 0 Å². The first-order valence-electron chi connectivity index (χ1n) is 16.2. The van der Waals surface area contributed by atoms with Gasteiger partial charge in [0.2, 0.25) is 0 Å². The lowest BCUT2D eigenvalue weighted by molar-refractivity contribution is -0.123. The predicted octanol–water partition coefficient (Wildman–Crippen LogP) is 10.9. The van der Waals surface area contributed by atoms with E-state index in [0.29, 0.717) is 32.5 Å². The molecule has 34 heavy (non-hydrogen) atoms. The van der Waals surface area contributed by atoms with Crippen molar-refractivity contribution in [2.24, 2.45) is 44.3 Å². The van der Waals surface area contributed by atoms with E-state index in [2.05, 4.69) is 27.7 Å². The SMILES string of the molecule is CC12CCCCCC(C)(CCC1)C13CCCC1(CCC3)C1(C)CCC3CCCC2(C)CC3CC1. The van der Waals surface area contributed by atoms with Gasteiger partial charge in [-0.3, -0.25) is 0 Å². The summed E-state index contributed by atoms with van der Waals surface area (Å²) in [6, 6.07) is 0. The molecule has 0 aromatic carbocycles. The van der Waals surface area contributed by atoms with E-state index in [1.807, 2.05) is 0 Å². The van der Waals surface area contributed by atoms with Crippen molar-refractivity contribution in [1.29, 1.82) is 0 Å². The summed E-state index contributed by atoms with van der Waals surface area (Å²) in [5.74, 6) is 2.07. The summed E-state index contributed by atoms with van der Waals surface area (Å²) < 4.78 is 0. The summed E-state index contributed by atoms with van der Waals surface area (Å²) in [5, 5.41) is 0. The summed E-state index contributed by atoms with van der Waals surface area (Å²) in [7, 11) is 0. The number of hydrogen-bond acceptors (Lipinski definition) is 0. The van der Waals surface area contributed by atoms with Crippen molar-refractivity contribution in [3.63, 3.8) is 0 Å². The average Bonchev–Trinajstić information content (AvgIpc) is 3.26. The zero-order chi connectivity index (χ0) is 23.7. The van der Waals surface area contributed by atoms with Crippen molar-refractivity contribution in [2.75, 3.05) is 0 Å². The Balaban J connectivity index is 1.52. The van der Waals surface area contributed by atoms with Gasteiger partial charge in [-0.05, 0) is 134 Å². The third-order valence-electron chi connectivity index (χ3n) is 15.3. The largest absolute Gasteiger partial charge is 0.0591 e. The van der Waals surface area contributed by atoms with Crippen molar-refractivity contribution >= 4 is 0 Å². The zero-order valence-corrected chi connectivity index (χ0v) is 23.7. The van der Waals surface area contributed by atoms with Crippen LogP contribution in [0.2, 0.25) is 0 Å². The molecule has 6 unspecified atom stereocenters. The first kappa shape index (κ1) is 24.3. The highest BCUT2D eigenvalue weighted by molar-refractivity contribution is 5.19. The minimum atomic E-state index is 0.573. The fourth-order valence-electron chi connectivity index (χ4n) is 13.1. The maximum absolute atomic E-state index is 2.87. The quantitative estimate of drug-likeness (QED) is 0.333. The van der Waals surface area contributed by atoms with E-state index in [4.69, 9.17) is 0 Å². The smallest absolute Gasteiger partial charge is 0.0182 e. The lowest BCUT2D eigenvalue weighted by Gasteiger charge is -2.61. The Hall–Kier alpha value is 0. The normalized spacial score (nSPS) is 56.1. The predicted molar refractivity (Wildman–Crippen MR) is 146 cm³/mol. The van der Waals surface area contributed by atoms with Crippen LogP contribution in [0.3, 0.4) is 0 Å². The highest BCUT2D eigenvalue weighted by Gasteiger charge is 2.70. The molecule has 6 saturated carbocycles. The Morgan fingerprint density at radius 3 is 1.50 bits per heavy atom. The molecule has 0 heteroatoms. The molecule has 6 rings (SSSR count). The molecule has 6 aliphatic carbocycles. The maximum Gasteiger partial charge on any atom is -0.0182 e. The van der Waals surface area contributed by atoms with Gasteiger partial charge < -0.3 is 0 Å². The van der Waals surface area contributed by atoms with E-state index >= 15 is 0 Å². The van der Waals surface area contributed by atoms with Gasteiger partial charge in [-0.2, -0.15) is 0 Å². The Kier molecular flexibility index (Phi) is 5.91. The maximum atomic E-state index is 2.87. The summed E-state index contributed by atoms with van der Waals surface area (Å²) in [6.07, 6.45) is 34.1. The van der Waals surface area contributed by atoms with Crippen LogP contribution in [0, 0.1) is 44.3 Å². The van der Waals surface area contributed by atoms with Crippen LogP contribution in [0.1, 0.15) is 169 Å². The third-order valence-corrected chi connectivity index (χ3v) is 15.3. The average molecular weight is 467 g/mol. The van der Waals surface area contributed by atoms with E-state index in [0.717, 1.165) is 11.8 Å². The van der Waals surface area contributed by atoms with E-state index in [1.54, 1.807) is 89.9 Å². The van der Waals surface area contributed by atoms with E-state index in [1.165, 1.54) is 51.4 Å². The number of hydrogen-bond donors (Lipinski definition) is 0. The van der Waals surface area contributed by atoms with E-state index in [9.17, 15) is 0 Å². The molecule has 0 radical (unpaired) electrons. The minimum absolute atomic E-state index is 0.573. The second kappa shape index (κ2) is 8.25. The van der Waals surface area contributed by atoms with Crippen LogP contribution in [0.25, 0.3) is 0 Å². The topological polar surface area (TPSA) is 0 Å². The molecule has 5 bridgehead atoms. The van der Waals surface area contributed by atoms with Crippen molar-refractivity contribution in [3.8, 4) is 0 Å². The first-order valence-corrected chi connectivity index (χ1v) is 16.2. The lowest BCUT2D eigenvalue weighted by atomic mass is 9.43. The molecular formula is C34H58. The van der Waals surface area contributed by atoms with Crippen LogP contribution < -0.4 is 0 Å². The molecule has 194 valence electrons. The molecule has 0 aromatic heterocycles. The molecule has 0 spiro atoms. The monoisotopic (exact) mass is 466 g/mol. The highest BCUT2D eigenvalue weighted by atomic mass is 14.7. The molecule has 0 N–H and O–H groups in total. The van der Waals surface area contributed by atoms with Gasteiger partial charge in [-0.15, -0.1) is 0 Å². The third kappa shape index (κ3) is 3.20. The fraction of sp³-hybridized carbons (Fsp3) is 1.00. The van der Waals surface area contributed by atoms with Gasteiger partial charge in [0.25, 0.3) is 0 Å². The summed E-state index contributed by atoms with van der Waals surface area (Å²) in [4.78, 5) is 0. The minimum Gasteiger partial charge on any atom is -0.0591 e. The van der Waals surface area contributed by atoms with Crippen LogP contribution in [-0.2, 0) is 0 Å². The summed E-state index contributed by atoms with van der Waals surface area (Å²) in [6.45, 7) is 11.3. The van der Waals surface area contributed by atoms with Gasteiger partial charge in [0, 0.05) is 0 Å². The molecule has 6 aliphatic rings. The van der Waals surface area contributed by atoms with Gasteiger partial charge >= 0.3 is 0 Å². The molecule has 0 amide bonds. The second-order valence-electron chi connectivity index (χ2n) is 16.2. The van der Waals surface area contributed by atoms with E-state index in [-0.39, 0.29) is 0 Å². The summed E-state index contributed by atoms with van der Waals surface area (Å²) >= 11 is 0. The van der Waals surface area contributed by atoms with Crippen molar-refractivity contribution in [2.45, 2.75) is 169 Å². The molecular weight excluding hydrogens is 408 g/mol. The van der Waals surface area contributed by atoms with Gasteiger partial charge in [0.05, 0.1) is 0 Å². The van der Waals surface area contributed by atoms with Crippen molar-refractivity contribution in [3.05, 3.63) is 0 Å². The van der Waals surface area contributed by atoms with Crippen LogP contribution in [0.15, 0.2) is 0 Å². The Labute approximate surface area is 213 Å². The van der Waals surface area contributed by atoms with Gasteiger partial charge in [0.1, 0.15) is 0 Å². The van der Waals surface area contributed by atoms with Crippen molar-refractivity contribution in [1.82, 2.24) is 0 Å². The Morgan fingerprint density at radius 2 is 0.824 bits per heavy atom. The molecule has 0 saturated heterocycles. The fourth-order valence-corrected chi connectivity index (χ4v) is 13.1. The number of rotatable bonds is 0. The molecule has 0 aliphatic heterocycles. The van der Waals surface area contributed by atoms with Gasteiger partial charge in [-0.1, -0.05) is 79.1 Å². The first-order chi connectivity index (χ1) is 16.2. The molecule has 0 heterocycles. The molecule has 6 fully saturated rings. The van der Waals surface area contributed by atoms with Gasteiger partial charge in [0.15, 0.2) is 0 Å². The highest BCUT2D eigenvalue weighted by Crippen LogP contribution is 2.79. The second-order valence-corrected chi connectivity index (χ2v) is 16.2. The standard InChI is InChI=1S/C34H58/c1-29-15-6-5-7-16-30(2,19-9-18-29)33-20-10-22-34(33,23-11-21-33)31(3)24-13-27-12-8-17-32(29,4)26-28(27)14-25-31/h27-28H,5-26H2,1-4H3. The lowest BCUT2D eigenvalue weighted by Crippen LogP contribution is -2.53. The Morgan fingerprint density at radius 1 is 0.353 bits per heavy atom. The van der Waals surface area contributed by atoms with Crippen LogP contribution in [-0.4, -0.2) is 0 Å². The molecule has 6 atom stereocenters. The van der Waals surface area contributed by atoms with E-state index < -0.39 is 0 Å². The number of fused-ring (bicyclic) bond motifs is 8. The van der Waals surface area contributed by atoms with Crippen molar-refractivity contribution < 1.29 is 0 Å². The van der Waals surface area contributed by atoms with Gasteiger partial charge in [-0.25, -0.2) is 0 Å². The molecule has 0 aromatic rings. The van der Waals surface area contributed by atoms with Crippen LogP contribution in [0.5, 0.6) is 0 Å². The Bertz CT molecular complexity index is 754. The van der Waals surface area contributed by atoms with Crippen LogP contribution >= 0.6 is 0 Å². The molecule has 0 nitrogen and oxygen atoms in total.